The van der Waals surface area contributed by atoms with E-state index in [-0.39, 0.29) is 17.9 Å². The van der Waals surface area contributed by atoms with Crippen molar-refractivity contribution in [2.45, 2.75) is 27.7 Å². The second kappa shape index (κ2) is 7.28. The largest absolute Gasteiger partial charge is 0.384 e. The molecule has 1 aromatic carbocycles. The molecule has 1 atom stereocenters. The van der Waals surface area contributed by atoms with E-state index in [0.717, 1.165) is 12.1 Å². The molecule has 0 saturated carbocycles. The topological polar surface area (TPSA) is 40.5 Å². The summed E-state index contributed by atoms with van der Waals surface area (Å²) in [5.41, 5.74) is 1.54. The van der Waals surface area contributed by atoms with Crippen LogP contribution in [0, 0.1) is 23.2 Å². The van der Waals surface area contributed by atoms with Crippen molar-refractivity contribution in [1.82, 2.24) is 4.90 Å². The first kappa shape index (κ1) is 17.3. The van der Waals surface area contributed by atoms with Crippen LogP contribution < -0.4 is 0 Å². The van der Waals surface area contributed by atoms with Crippen molar-refractivity contribution < 1.29 is 9.90 Å². The molecule has 1 rings (SSSR count). The zero-order valence-electron chi connectivity index (χ0n) is 13.6. The van der Waals surface area contributed by atoms with E-state index in [0.29, 0.717) is 11.5 Å². The Morgan fingerprint density at radius 1 is 1.38 bits per heavy atom. The normalized spacial score (nSPS) is 12.3. The number of hydrogen-bond acceptors (Lipinski definition) is 2. The predicted molar refractivity (Wildman–Crippen MR) is 86.0 cm³/mol. The fraction of sp³-hybridized carbons (Fsp3) is 0.500. The lowest BCUT2D eigenvalue weighted by Gasteiger charge is -2.31. The Morgan fingerprint density at radius 2 is 2.05 bits per heavy atom. The lowest BCUT2D eigenvalue weighted by Crippen LogP contribution is -2.35. The molecule has 0 aliphatic carbocycles. The minimum atomic E-state index is -0.179. The standard InChI is InChI=1S/C18H25NO2/c1-14(18(2,3)4)13-19(5)17(21)16-10-6-8-15(12-16)9-7-11-20/h6,8,10,12,14,20H,11,13H2,1-5H3. The van der Waals surface area contributed by atoms with E-state index < -0.39 is 0 Å². The summed E-state index contributed by atoms with van der Waals surface area (Å²) in [6, 6.07) is 7.21. The third kappa shape index (κ3) is 5.24. The molecule has 0 bridgehead atoms. The first-order valence-corrected chi connectivity index (χ1v) is 7.21. The lowest BCUT2D eigenvalue weighted by molar-refractivity contribution is 0.0738. The molecule has 0 spiro atoms. The van der Waals surface area contributed by atoms with Crippen LogP contribution >= 0.6 is 0 Å². The van der Waals surface area contributed by atoms with Gasteiger partial charge in [-0.3, -0.25) is 4.79 Å². The molecule has 0 aliphatic rings. The van der Waals surface area contributed by atoms with Gasteiger partial charge >= 0.3 is 0 Å². The summed E-state index contributed by atoms with van der Waals surface area (Å²) >= 11 is 0. The molecule has 0 saturated heterocycles. The van der Waals surface area contributed by atoms with E-state index >= 15 is 0 Å². The fourth-order valence-corrected chi connectivity index (χ4v) is 1.86. The van der Waals surface area contributed by atoms with Gasteiger partial charge in [-0.25, -0.2) is 0 Å². The zero-order valence-corrected chi connectivity index (χ0v) is 13.6. The van der Waals surface area contributed by atoms with Crippen LogP contribution in [-0.2, 0) is 0 Å². The zero-order chi connectivity index (χ0) is 16.0. The third-order valence-electron chi connectivity index (χ3n) is 3.79. The van der Waals surface area contributed by atoms with Crippen molar-refractivity contribution in [1.29, 1.82) is 0 Å². The van der Waals surface area contributed by atoms with Gasteiger partial charge in [-0.1, -0.05) is 45.6 Å². The van der Waals surface area contributed by atoms with Crippen LogP contribution in [0.25, 0.3) is 0 Å². The highest BCUT2D eigenvalue weighted by molar-refractivity contribution is 5.94. The van der Waals surface area contributed by atoms with Crippen LogP contribution in [-0.4, -0.2) is 36.1 Å². The monoisotopic (exact) mass is 287 g/mol. The maximum absolute atomic E-state index is 12.5. The molecule has 0 radical (unpaired) electrons. The predicted octanol–water partition coefficient (Wildman–Crippen LogP) is 2.78. The molecule has 1 unspecified atom stereocenters. The van der Waals surface area contributed by atoms with Gasteiger partial charge in [-0.15, -0.1) is 0 Å². The molecule has 0 aliphatic heterocycles. The Labute approximate surface area is 128 Å². The van der Waals surface area contributed by atoms with Gasteiger partial charge in [0, 0.05) is 24.7 Å². The molecule has 1 N–H and O–H groups in total. The lowest BCUT2D eigenvalue weighted by atomic mass is 9.82. The summed E-state index contributed by atoms with van der Waals surface area (Å²) in [6.45, 7) is 9.24. The van der Waals surface area contributed by atoms with E-state index in [2.05, 4.69) is 39.5 Å². The second-order valence-corrected chi connectivity index (χ2v) is 6.49. The number of rotatable bonds is 3. The summed E-state index contributed by atoms with van der Waals surface area (Å²) in [4.78, 5) is 14.2. The van der Waals surface area contributed by atoms with Crippen molar-refractivity contribution >= 4 is 5.91 Å². The number of hydrogen-bond donors (Lipinski definition) is 1. The van der Waals surface area contributed by atoms with Crippen molar-refractivity contribution in [2.24, 2.45) is 11.3 Å². The smallest absolute Gasteiger partial charge is 0.253 e. The number of carbonyl (C=O) groups excluding carboxylic acids is 1. The first-order chi connectivity index (χ1) is 9.75. The number of aliphatic hydroxyl groups is 1. The van der Waals surface area contributed by atoms with E-state index in [1.54, 1.807) is 17.0 Å². The van der Waals surface area contributed by atoms with Gasteiger partial charge < -0.3 is 10.0 Å². The maximum atomic E-state index is 12.5. The number of carbonyl (C=O) groups is 1. The average Bonchev–Trinajstić information content (AvgIpc) is 2.43. The van der Waals surface area contributed by atoms with Crippen molar-refractivity contribution in [3.63, 3.8) is 0 Å². The summed E-state index contributed by atoms with van der Waals surface area (Å²) in [6.07, 6.45) is 0. The van der Waals surface area contributed by atoms with E-state index in [1.165, 1.54) is 0 Å². The van der Waals surface area contributed by atoms with Crippen molar-refractivity contribution in [3.05, 3.63) is 35.4 Å². The Kier molecular flexibility index (Phi) is 5.99. The van der Waals surface area contributed by atoms with Gasteiger partial charge in [0.1, 0.15) is 6.61 Å². The average molecular weight is 287 g/mol. The molecular formula is C18H25NO2. The fourth-order valence-electron chi connectivity index (χ4n) is 1.86. The van der Waals surface area contributed by atoms with Gasteiger partial charge in [0.2, 0.25) is 0 Å². The van der Waals surface area contributed by atoms with Gasteiger partial charge in [-0.2, -0.15) is 0 Å². The van der Waals surface area contributed by atoms with Crippen molar-refractivity contribution in [2.75, 3.05) is 20.2 Å². The first-order valence-electron chi connectivity index (χ1n) is 7.21. The summed E-state index contributed by atoms with van der Waals surface area (Å²) in [5.74, 6) is 5.82. The maximum Gasteiger partial charge on any atom is 0.253 e. The minimum absolute atomic E-state index is 0.00116. The summed E-state index contributed by atoms with van der Waals surface area (Å²) in [7, 11) is 1.83. The van der Waals surface area contributed by atoms with E-state index in [4.69, 9.17) is 5.11 Å². The highest BCUT2D eigenvalue weighted by Crippen LogP contribution is 2.26. The molecular weight excluding hydrogens is 262 g/mol. The molecule has 1 amide bonds. The van der Waals surface area contributed by atoms with Gasteiger partial charge in [0.25, 0.3) is 5.91 Å². The van der Waals surface area contributed by atoms with Crippen LogP contribution in [0.15, 0.2) is 24.3 Å². The van der Waals surface area contributed by atoms with Crippen LogP contribution in [0.2, 0.25) is 0 Å². The number of amides is 1. The molecule has 3 heteroatoms. The van der Waals surface area contributed by atoms with E-state index in [1.807, 2.05) is 19.2 Å². The minimum Gasteiger partial charge on any atom is -0.384 e. The number of aliphatic hydroxyl groups excluding tert-OH is 1. The molecule has 21 heavy (non-hydrogen) atoms. The quantitative estimate of drug-likeness (QED) is 0.868. The Balaban J connectivity index is 2.83. The van der Waals surface area contributed by atoms with Crippen molar-refractivity contribution in [3.8, 4) is 11.8 Å². The highest BCUT2D eigenvalue weighted by atomic mass is 16.2. The molecule has 1 aromatic rings. The summed E-state index contributed by atoms with van der Waals surface area (Å²) in [5, 5.41) is 8.72. The Hall–Kier alpha value is -1.79. The Bertz CT molecular complexity index is 546. The third-order valence-corrected chi connectivity index (χ3v) is 3.79. The molecule has 0 fully saturated rings. The van der Waals surface area contributed by atoms with Gasteiger partial charge in [0.05, 0.1) is 0 Å². The Morgan fingerprint density at radius 3 is 2.62 bits per heavy atom. The highest BCUT2D eigenvalue weighted by Gasteiger charge is 2.23. The SMILES string of the molecule is CC(CN(C)C(=O)c1cccc(C#CCO)c1)C(C)(C)C. The van der Waals surface area contributed by atoms with E-state index in [9.17, 15) is 4.79 Å². The molecule has 0 aromatic heterocycles. The van der Waals surface area contributed by atoms with Crippen LogP contribution in [0.1, 0.15) is 43.6 Å². The molecule has 114 valence electrons. The second-order valence-electron chi connectivity index (χ2n) is 6.49. The molecule has 0 heterocycles. The van der Waals surface area contributed by atoms with Gasteiger partial charge in [-0.05, 0) is 29.5 Å². The van der Waals surface area contributed by atoms with Crippen LogP contribution in [0.4, 0.5) is 0 Å². The van der Waals surface area contributed by atoms with Crippen LogP contribution in [0.5, 0.6) is 0 Å². The number of nitrogens with zero attached hydrogens (tertiary/aromatic N) is 1. The van der Waals surface area contributed by atoms with Crippen LogP contribution in [0.3, 0.4) is 0 Å². The summed E-state index contributed by atoms with van der Waals surface area (Å²) < 4.78 is 0. The molecule has 3 nitrogen and oxygen atoms in total. The van der Waals surface area contributed by atoms with Gasteiger partial charge in [0.15, 0.2) is 0 Å². The number of benzene rings is 1.